The number of carbonyl (C=O) groups excluding carboxylic acids is 1. The first-order valence-corrected chi connectivity index (χ1v) is 13.3. The number of ether oxygens (including phenoxy) is 2. The molecule has 3 atom stereocenters. The van der Waals surface area contributed by atoms with Gasteiger partial charge in [0.2, 0.25) is 0 Å². The number of methoxy groups -OCH3 is 1. The number of fused-ring (bicyclic) bond motifs is 2. The molecule has 2 aliphatic heterocycles. The summed E-state index contributed by atoms with van der Waals surface area (Å²) in [4.78, 5) is 23.6. The van der Waals surface area contributed by atoms with Gasteiger partial charge in [-0.15, -0.1) is 0 Å². The van der Waals surface area contributed by atoms with Crippen molar-refractivity contribution in [3.63, 3.8) is 0 Å². The zero-order valence-electron chi connectivity index (χ0n) is 21.8. The molecule has 0 radical (unpaired) electrons. The normalized spacial score (nSPS) is 23.2. The number of anilines is 1. The molecular weight excluding hydrogens is 513 g/mol. The number of nitrogens with zero attached hydrogens (tertiary/aromatic N) is 4. The van der Waals surface area contributed by atoms with E-state index in [1.54, 1.807) is 30.6 Å². The number of pyridine rings is 2. The number of alkyl halides is 1. The van der Waals surface area contributed by atoms with Crippen LogP contribution in [0.4, 0.5) is 10.1 Å². The van der Waals surface area contributed by atoms with E-state index in [-0.39, 0.29) is 17.6 Å². The van der Waals surface area contributed by atoms with Crippen molar-refractivity contribution in [2.45, 2.75) is 18.6 Å². The van der Waals surface area contributed by atoms with Crippen molar-refractivity contribution in [2.24, 2.45) is 11.8 Å². The van der Waals surface area contributed by atoms with Crippen molar-refractivity contribution in [1.29, 1.82) is 5.26 Å². The van der Waals surface area contributed by atoms with Crippen molar-refractivity contribution >= 4 is 22.7 Å². The molecule has 3 aromatic heterocycles. The van der Waals surface area contributed by atoms with Crippen LogP contribution in [0.15, 0.2) is 53.2 Å². The number of carbonyl (C=O) groups is 1. The number of aromatic nitrogens is 2. The molecule has 3 aliphatic rings. The average molecular weight is 540 g/mol. The lowest BCUT2D eigenvalue weighted by Crippen LogP contribution is -2.30. The van der Waals surface area contributed by atoms with Crippen LogP contribution in [0.5, 0.6) is 5.75 Å². The van der Waals surface area contributed by atoms with Crippen LogP contribution in [-0.4, -0.2) is 61.5 Å². The largest absolute Gasteiger partial charge is 0.496 e. The lowest BCUT2D eigenvalue weighted by atomic mass is 10.0. The Labute approximate surface area is 229 Å². The maximum absolute atomic E-state index is 13.8. The topological polar surface area (TPSA) is 114 Å². The second-order valence-corrected chi connectivity index (χ2v) is 10.5. The fourth-order valence-electron chi connectivity index (χ4n) is 5.90. The predicted octanol–water partition coefficient (Wildman–Crippen LogP) is 4.36. The SMILES string of the molecule is COc1cc(C(=O)NC2C3COCC32)ncc1-c1cc2nccc(-c3ccc(N4CC[C@@H](F)C4)c(C#N)c3)c2o1. The highest BCUT2D eigenvalue weighted by molar-refractivity contribution is 5.95. The molecule has 0 bridgehead atoms. The number of furan rings is 1. The third kappa shape index (κ3) is 4.14. The van der Waals surface area contributed by atoms with Crippen molar-refractivity contribution in [2.75, 3.05) is 38.3 Å². The van der Waals surface area contributed by atoms with Crippen molar-refractivity contribution in [3.05, 3.63) is 60.0 Å². The second kappa shape index (κ2) is 9.61. The number of halogens is 1. The number of hydrogen-bond donors (Lipinski definition) is 1. The summed E-state index contributed by atoms with van der Waals surface area (Å²) < 4.78 is 31.1. The molecule has 5 heterocycles. The van der Waals surface area contributed by atoms with Crippen LogP contribution in [0.3, 0.4) is 0 Å². The molecule has 1 N–H and O–H groups in total. The highest BCUT2D eigenvalue weighted by Crippen LogP contribution is 2.44. The Hall–Kier alpha value is -4.49. The van der Waals surface area contributed by atoms with Gasteiger partial charge in [-0.1, -0.05) is 6.07 Å². The van der Waals surface area contributed by atoms with Crippen LogP contribution in [0.25, 0.3) is 33.6 Å². The predicted molar refractivity (Wildman–Crippen MR) is 145 cm³/mol. The fraction of sp³-hybridized carbons (Fsp3) is 0.333. The lowest BCUT2D eigenvalue weighted by Gasteiger charge is -2.19. The van der Waals surface area contributed by atoms with Crippen molar-refractivity contribution in [3.8, 4) is 34.3 Å². The molecule has 4 aromatic rings. The van der Waals surface area contributed by atoms with Gasteiger partial charge < -0.3 is 24.1 Å². The molecule has 0 spiro atoms. The Kier molecular flexibility index (Phi) is 5.90. The molecule has 2 unspecified atom stereocenters. The van der Waals surface area contributed by atoms with E-state index in [0.29, 0.717) is 78.3 Å². The monoisotopic (exact) mass is 539 g/mol. The minimum Gasteiger partial charge on any atom is -0.496 e. The summed E-state index contributed by atoms with van der Waals surface area (Å²) in [5.41, 5.74) is 4.79. The molecule has 2 saturated heterocycles. The van der Waals surface area contributed by atoms with Crippen LogP contribution in [0.2, 0.25) is 0 Å². The zero-order valence-corrected chi connectivity index (χ0v) is 21.8. The van der Waals surface area contributed by atoms with E-state index >= 15 is 0 Å². The van der Waals surface area contributed by atoms with E-state index in [9.17, 15) is 14.4 Å². The Bertz CT molecular complexity index is 1670. The van der Waals surface area contributed by atoms with Crippen LogP contribution in [0, 0.1) is 23.2 Å². The zero-order chi connectivity index (χ0) is 27.4. The Morgan fingerprint density at radius 1 is 1.18 bits per heavy atom. The maximum atomic E-state index is 13.8. The van der Waals surface area contributed by atoms with Crippen LogP contribution < -0.4 is 15.0 Å². The maximum Gasteiger partial charge on any atom is 0.270 e. The van der Waals surface area contributed by atoms with Gasteiger partial charge in [-0.3, -0.25) is 14.8 Å². The van der Waals surface area contributed by atoms with Crippen LogP contribution >= 0.6 is 0 Å². The van der Waals surface area contributed by atoms with E-state index in [2.05, 4.69) is 21.4 Å². The molecule has 9 nitrogen and oxygen atoms in total. The molecule has 202 valence electrons. The Morgan fingerprint density at radius 2 is 2.02 bits per heavy atom. The van der Waals surface area contributed by atoms with Gasteiger partial charge in [0, 0.05) is 61.1 Å². The summed E-state index contributed by atoms with van der Waals surface area (Å²) in [6, 6.07) is 13.2. The van der Waals surface area contributed by atoms with Gasteiger partial charge in [0.15, 0.2) is 5.58 Å². The summed E-state index contributed by atoms with van der Waals surface area (Å²) in [6.45, 7) is 2.26. The van der Waals surface area contributed by atoms with Gasteiger partial charge in [0.25, 0.3) is 5.91 Å². The fourth-order valence-corrected chi connectivity index (χ4v) is 5.90. The van der Waals surface area contributed by atoms with E-state index in [0.717, 1.165) is 16.8 Å². The van der Waals surface area contributed by atoms with E-state index in [1.165, 1.54) is 7.11 Å². The Balaban J connectivity index is 1.19. The van der Waals surface area contributed by atoms with Gasteiger partial charge in [0.05, 0.1) is 37.1 Å². The third-order valence-electron chi connectivity index (χ3n) is 8.15. The van der Waals surface area contributed by atoms with Crippen LogP contribution in [-0.2, 0) is 4.74 Å². The Morgan fingerprint density at radius 3 is 2.77 bits per heavy atom. The molecule has 40 heavy (non-hydrogen) atoms. The van der Waals surface area contributed by atoms with Crippen molar-refractivity contribution < 1.29 is 23.1 Å². The highest BCUT2D eigenvalue weighted by Gasteiger charge is 2.54. The van der Waals surface area contributed by atoms with Crippen LogP contribution in [0.1, 0.15) is 22.5 Å². The smallest absolute Gasteiger partial charge is 0.270 e. The summed E-state index contributed by atoms with van der Waals surface area (Å²) in [6.07, 6.45) is 2.84. The van der Waals surface area contributed by atoms with Gasteiger partial charge in [0.1, 0.15) is 35.0 Å². The summed E-state index contributed by atoms with van der Waals surface area (Å²) in [5.74, 6) is 1.48. The highest BCUT2D eigenvalue weighted by atomic mass is 19.1. The molecule has 1 saturated carbocycles. The number of amides is 1. The number of nitriles is 1. The molecule has 1 amide bonds. The average Bonchev–Trinajstić information content (AvgIpc) is 3.46. The standard InChI is InChI=1S/C30H26FN5O4/c1-38-26-10-24(30(37)35-28-21-14-39-15-22(21)28)34-12-20(26)27-9-23-29(40-27)19(4-6-33-23)16-2-3-25(17(8-16)11-32)36-7-5-18(31)13-36/h2-4,6,8-10,12,18,21-22,28H,5,7,13-15H2,1H3,(H,35,37)/t18-,21?,22?,28?/m1/s1. The molecule has 7 rings (SSSR count). The van der Waals surface area contributed by atoms with Gasteiger partial charge >= 0.3 is 0 Å². The van der Waals surface area contributed by atoms with E-state index in [4.69, 9.17) is 13.9 Å². The quantitative estimate of drug-likeness (QED) is 0.385. The number of rotatable bonds is 6. The first kappa shape index (κ1) is 24.5. The molecular formula is C30H26FN5O4. The summed E-state index contributed by atoms with van der Waals surface area (Å²) >= 11 is 0. The van der Waals surface area contributed by atoms with E-state index < -0.39 is 6.17 Å². The van der Waals surface area contributed by atoms with Gasteiger partial charge in [-0.2, -0.15) is 5.26 Å². The minimum absolute atomic E-state index is 0.139. The molecule has 1 aromatic carbocycles. The molecule has 3 fully saturated rings. The third-order valence-corrected chi connectivity index (χ3v) is 8.15. The first-order chi connectivity index (χ1) is 19.5. The second-order valence-electron chi connectivity index (χ2n) is 10.5. The van der Waals surface area contributed by atoms with E-state index in [1.807, 2.05) is 23.1 Å². The van der Waals surface area contributed by atoms with Gasteiger partial charge in [-0.05, 0) is 30.2 Å². The van der Waals surface area contributed by atoms with Crippen molar-refractivity contribution in [1.82, 2.24) is 15.3 Å². The summed E-state index contributed by atoms with van der Waals surface area (Å²) in [5, 5.41) is 12.9. The number of benzene rings is 1. The van der Waals surface area contributed by atoms with Gasteiger partial charge in [-0.25, -0.2) is 4.39 Å². The summed E-state index contributed by atoms with van der Waals surface area (Å²) in [7, 11) is 1.53. The number of hydrogen-bond acceptors (Lipinski definition) is 8. The lowest BCUT2D eigenvalue weighted by molar-refractivity contribution is 0.0923. The minimum atomic E-state index is -0.879. The number of nitrogens with one attached hydrogen (secondary N) is 1. The first-order valence-electron chi connectivity index (χ1n) is 13.3. The molecule has 1 aliphatic carbocycles. The molecule has 10 heteroatoms.